The minimum absolute atomic E-state index is 0.167. The van der Waals surface area contributed by atoms with Crippen molar-refractivity contribution in [3.8, 4) is 11.5 Å². The van der Waals surface area contributed by atoms with Crippen LogP contribution < -0.4 is 20.9 Å². The van der Waals surface area contributed by atoms with Gasteiger partial charge in [-0.2, -0.15) is 4.98 Å². The van der Waals surface area contributed by atoms with E-state index in [-0.39, 0.29) is 5.95 Å². The summed E-state index contributed by atoms with van der Waals surface area (Å²) in [5.74, 6) is 1.95. The van der Waals surface area contributed by atoms with Gasteiger partial charge in [-0.15, -0.1) is 0 Å². The Kier molecular flexibility index (Phi) is 4.13. The zero-order valence-corrected chi connectivity index (χ0v) is 15.3. The summed E-state index contributed by atoms with van der Waals surface area (Å²) < 4.78 is 12.6. The number of nitrogens with zero attached hydrogens (tertiary/aromatic N) is 2. The maximum Gasteiger partial charge on any atom is 0.221 e. The maximum atomic E-state index is 6.06. The van der Waals surface area contributed by atoms with Crippen LogP contribution in [0.4, 0.5) is 11.8 Å². The minimum Gasteiger partial charge on any atom is -0.493 e. The van der Waals surface area contributed by atoms with Gasteiger partial charge in [0, 0.05) is 28.2 Å². The van der Waals surface area contributed by atoms with E-state index in [9.17, 15) is 0 Å². The van der Waals surface area contributed by atoms with E-state index in [1.54, 1.807) is 13.3 Å². The van der Waals surface area contributed by atoms with Gasteiger partial charge in [0.2, 0.25) is 5.95 Å². The standard InChI is InChI=1S/C17H19BrN4O2/c1-17(2)7-12(18)11-5-9(6-13(23-3)14(11)24-17)4-10-8-21-16(20)22-15(10)19/h5-8H,4H2,1-3H3,(H4,19,20,21,22). The normalized spacial score (nSPS) is 15.2. The Labute approximate surface area is 149 Å². The van der Waals surface area contributed by atoms with Gasteiger partial charge in [0.1, 0.15) is 11.4 Å². The number of anilines is 2. The summed E-state index contributed by atoms with van der Waals surface area (Å²) in [5.41, 5.74) is 13.8. The first-order valence-electron chi connectivity index (χ1n) is 7.44. The average molecular weight is 391 g/mol. The summed E-state index contributed by atoms with van der Waals surface area (Å²) in [6.45, 7) is 3.99. The minimum atomic E-state index is -0.407. The number of aromatic nitrogens is 2. The molecule has 0 saturated heterocycles. The van der Waals surface area contributed by atoms with Gasteiger partial charge in [-0.05, 0) is 37.6 Å². The molecule has 2 heterocycles. The Morgan fingerprint density at radius 2 is 2.04 bits per heavy atom. The Hall–Kier alpha value is -2.28. The van der Waals surface area contributed by atoms with Gasteiger partial charge in [-0.1, -0.05) is 15.9 Å². The van der Waals surface area contributed by atoms with Crippen LogP contribution in [0.15, 0.2) is 24.4 Å². The summed E-state index contributed by atoms with van der Waals surface area (Å²) in [6, 6.07) is 3.99. The topological polar surface area (TPSA) is 96.3 Å². The molecule has 0 amide bonds. The van der Waals surface area contributed by atoms with Crippen LogP contribution in [-0.4, -0.2) is 22.7 Å². The first kappa shape index (κ1) is 16.6. The van der Waals surface area contributed by atoms with Crippen molar-refractivity contribution < 1.29 is 9.47 Å². The average Bonchev–Trinajstić information content (AvgIpc) is 2.49. The lowest BCUT2D eigenvalue weighted by atomic mass is 9.98. The third kappa shape index (κ3) is 3.17. The van der Waals surface area contributed by atoms with Crippen LogP contribution in [-0.2, 0) is 6.42 Å². The fourth-order valence-electron chi connectivity index (χ4n) is 2.66. The largest absolute Gasteiger partial charge is 0.493 e. The van der Waals surface area contributed by atoms with Crippen molar-refractivity contribution in [3.63, 3.8) is 0 Å². The molecule has 1 aromatic heterocycles. The molecule has 1 aromatic carbocycles. The van der Waals surface area contributed by atoms with Crippen molar-refractivity contribution >= 4 is 32.2 Å². The number of ether oxygens (including phenoxy) is 2. The van der Waals surface area contributed by atoms with E-state index in [0.29, 0.717) is 18.0 Å². The number of methoxy groups -OCH3 is 1. The summed E-state index contributed by atoms with van der Waals surface area (Å²) in [6.07, 6.45) is 4.24. The monoisotopic (exact) mass is 390 g/mol. The summed E-state index contributed by atoms with van der Waals surface area (Å²) >= 11 is 3.63. The van der Waals surface area contributed by atoms with Crippen molar-refractivity contribution in [2.45, 2.75) is 25.9 Å². The molecule has 0 spiro atoms. The summed E-state index contributed by atoms with van der Waals surface area (Å²) in [5, 5.41) is 0. The Balaban J connectivity index is 2.04. The molecule has 4 N–H and O–H groups in total. The number of halogens is 1. The van der Waals surface area contributed by atoms with Gasteiger partial charge < -0.3 is 20.9 Å². The van der Waals surface area contributed by atoms with Crippen LogP contribution in [0.25, 0.3) is 4.48 Å². The second-order valence-electron chi connectivity index (χ2n) is 6.19. The van der Waals surface area contributed by atoms with E-state index in [1.165, 1.54) is 0 Å². The molecule has 1 aliphatic heterocycles. The first-order chi connectivity index (χ1) is 11.3. The molecule has 126 valence electrons. The molecule has 0 saturated carbocycles. The highest BCUT2D eigenvalue weighted by atomic mass is 79.9. The molecule has 0 radical (unpaired) electrons. The van der Waals surface area contributed by atoms with Gasteiger partial charge in [0.05, 0.1) is 7.11 Å². The maximum absolute atomic E-state index is 6.06. The van der Waals surface area contributed by atoms with Crippen molar-refractivity contribution in [1.29, 1.82) is 0 Å². The van der Waals surface area contributed by atoms with Crippen LogP contribution in [0.2, 0.25) is 0 Å². The number of nitrogens with two attached hydrogens (primary N) is 2. The molecular weight excluding hydrogens is 372 g/mol. The fraction of sp³-hybridized carbons (Fsp3) is 0.294. The highest BCUT2D eigenvalue weighted by Crippen LogP contribution is 2.45. The zero-order chi connectivity index (χ0) is 17.5. The van der Waals surface area contributed by atoms with E-state index < -0.39 is 5.60 Å². The predicted molar refractivity (Wildman–Crippen MR) is 98.3 cm³/mol. The van der Waals surface area contributed by atoms with Crippen LogP contribution in [0.5, 0.6) is 11.5 Å². The van der Waals surface area contributed by atoms with Crippen LogP contribution >= 0.6 is 15.9 Å². The number of hydrogen-bond acceptors (Lipinski definition) is 6. The Morgan fingerprint density at radius 1 is 1.29 bits per heavy atom. The van der Waals surface area contributed by atoms with Gasteiger partial charge in [-0.25, -0.2) is 4.98 Å². The van der Waals surface area contributed by atoms with Gasteiger partial charge in [0.15, 0.2) is 11.5 Å². The second-order valence-corrected chi connectivity index (χ2v) is 7.04. The Morgan fingerprint density at radius 3 is 2.71 bits per heavy atom. The highest BCUT2D eigenvalue weighted by Gasteiger charge is 2.28. The molecule has 1 aliphatic rings. The Bertz CT molecular complexity index is 834. The number of hydrogen-bond donors (Lipinski definition) is 2. The lowest BCUT2D eigenvalue weighted by molar-refractivity contribution is 0.152. The second kappa shape index (κ2) is 5.98. The van der Waals surface area contributed by atoms with E-state index in [1.807, 2.05) is 32.1 Å². The molecule has 3 rings (SSSR count). The molecular formula is C17H19BrN4O2. The zero-order valence-electron chi connectivity index (χ0n) is 13.8. The van der Waals surface area contributed by atoms with Crippen molar-refractivity contribution in [1.82, 2.24) is 9.97 Å². The molecule has 2 aromatic rings. The van der Waals surface area contributed by atoms with Crippen molar-refractivity contribution in [2.75, 3.05) is 18.6 Å². The van der Waals surface area contributed by atoms with Crippen LogP contribution in [0.1, 0.15) is 30.5 Å². The van der Waals surface area contributed by atoms with Gasteiger partial charge in [0.25, 0.3) is 0 Å². The number of benzene rings is 1. The summed E-state index contributed by atoms with van der Waals surface area (Å²) in [7, 11) is 1.63. The SMILES string of the molecule is COc1cc(Cc2cnc(N)nc2N)cc2c1OC(C)(C)C=C2Br. The summed E-state index contributed by atoms with van der Waals surface area (Å²) in [4.78, 5) is 8.01. The van der Waals surface area contributed by atoms with Crippen LogP contribution in [0, 0.1) is 0 Å². The molecule has 6 nitrogen and oxygen atoms in total. The fourth-order valence-corrected chi connectivity index (χ4v) is 3.51. The number of rotatable bonds is 3. The van der Waals surface area contributed by atoms with E-state index in [2.05, 4.69) is 25.9 Å². The molecule has 24 heavy (non-hydrogen) atoms. The molecule has 0 bridgehead atoms. The molecule has 7 heteroatoms. The quantitative estimate of drug-likeness (QED) is 0.835. The van der Waals surface area contributed by atoms with E-state index in [4.69, 9.17) is 20.9 Å². The highest BCUT2D eigenvalue weighted by molar-refractivity contribution is 9.15. The third-order valence-corrected chi connectivity index (χ3v) is 4.40. The predicted octanol–water partition coefficient (Wildman–Crippen LogP) is 3.15. The first-order valence-corrected chi connectivity index (χ1v) is 8.24. The number of nitrogen functional groups attached to an aromatic ring is 2. The van der Waals surface area contributed by atoms with Crippen LogP contribution in [0.3, 0.4) is 0 Å². The van der Waals surface area contributed by atoms with Gasteiger partial charge >= 0.3 is 0 Å². The van der Waals surface area contributed by atoms with Crippen molar-refractivity contribution in [2.24, 2.45) is 0 Å². The van der Waals surface area contributed by atoms with E-state index in [0.717, 1.165) is 26.9 Å². The lowest BCUT2D eigenvalue weighted by Crippen LogP contribution is -2.28. The third-order valence-electron chi connectivity index (χ3n) is 3.74. The number of fused-ring (bicyclic) bond motifs is 1. The van der Waals surface area contributed by atoms with E-state index >= 15 is 0 Å². The molecule has 0 aliphatic carbocycles. The smallest absolute Gasteiger partial charge is 0.221 e. The van der Waals surface area contributed by atoms with Gasteiger partial charge in [-0.3, -0.25) is 0 Å². The molecule has 0 unspecified atom stereocenters. The molecule has 0 atom stereocenters. The lowest BCUT2D eigenvalue weighted by Gasteiger charge is -2.31. The van der Waals surface area contributed by atoms with Crippen molar-refractivity contribution in [3.05, 3.63) is 41.1 Å². The molecule has 0 fully saturated rings.